The fraction of sp³-hybridized carbons (Fsp3) is 1.00. The summed E-state index contributed by atoms with van der Waals surface area (Å²) in [5.41, 5.74) is 3.11. The first kappa shape index (κ1) is 18.7. The number of thioether (sulfide) groups is 2. The molecule has 0 aromatic heterocycles. The molecule has 0 saturated carbocycles. The molecule has 3 unspecified atom stereocenters. The highest BCUT2D eigenvalue weighted by Crippen LogP contribution is 2.36. The van der Waals surface area contributed by atoms with Gasteiger partial charge in [0.25, 0.3) is 0 Å². The first-order chi connectivity index (χ1) is 9.83. The van der Waals surface area contributed by atoms with Crippen LogP contribution in [0.4, 0.5) is 0 Å². The third kappa shape index (κ3) is 7.06. The van der Waals surface area contributed by atoms with E-state index in [1.807, 2.05) is 0 Å². The zero-order chi connectivity index (χ0) is 14.6. The standard InChI is InChI=1S/C16H34N2S2/c1-3-5-6-7-8-9-10-11-14(18-17)16-15(4-2)19-12-13-20-16/h14-16,18H,3-13,17H2,1-2H3. The van der Waals surface area contributed by atoms with Gasteiger partial charge in [-0.2, -0.15) is 23.5 Å². The van der Waals surface area contributed by atoms with Crippen LogP contribution in [0.15, 0.2) is 0 Å². The van der Waals surface area contributed by atoms with Crippen LogP contribution in [0.25, 0.3) is 0 Å². The normalized spacial score (nSPS) is 24.8. The highest BCUT2D eigenvalue weighted by molar-refractivity contribution is 8.07. The number of unbranched alkanes of at least 4 members (excludes halogenated alkanes) is 6. The summed E-state index contributed by atoms with van der Waals surface area (Å²) in [5.74, 6) is 8.43. The van der Waals surface area contributed by atoms with Gasteiger partial charge in [0.2, 0.25) is 0 Å². The van der Waals surface area contributed by atoms with E-state index in [1.165, 1.54) is 69.3 Å². The van der Waals surface area contributed by atoms with Crippen molar-refractivity contribution in [1.82, 2.24) is 5.43 Å². The molecule has 1 heterocycles. The van der Waals surface area contributed by atoms with Crippen LogP contribution >= 0.6 is 23.5 Å². The predicted octanol–water partition coefficient (Wildman–Crippen LogP) is 4.59. The van der Waals surface area contributed by atoms with E-state index in [0.29, 0.717) is 11.3 Å². The van der Waals surface area contributed by atoms with E-state index in [4.69, 9.17) is 5.84 Å². The van der Waals surface area contributed by atoms with Crippen LogP contribution in [0.3, 0.4) is 0 Å². The van der Waals surface area contributed by atoms with Crippen LogP contribution in [-0.4, -0.2) is 28.0 Å². The third-order valence-corrected chi connectivity index (χ3v) is 7.63. The smallest absolute Gasteiger partial charge is 0.0340 e. The molecule has 3 N–H and O–H groups in total. The van der Waals surface area contributed by atoms with Gasteiger partial charge in [0, 0.05) is 28.0 Å². The van der Waals surface area contributed by atoms with Gasteiger partial charge in [-0.25, -0.2) is 0 Å². The minimum absolute atomic E-state index is 0.508. The van der Waals surface area contributed by atoms with Gasteiger partial charge in [0.05, 0.1) is 0 Å². The van der Waals surface area contributed by atoms with Crippen molar-refractivity contribution < 1.29 is 0 Å². The van der Waals surface area contributed by atoms with Crippen molar-refractivity contribution >= 4 is 23.5 Å². The molecule has 0 amide bonds. The quantitative estimate of drug-likeness (QED) is 0.332. The monoisotopic (exact) mass is 318 g/mol. The number of hydrogen-bond donors (Lipinski definition) is 2. The molecule has 20 heavy (non-hydrogen) atoms. The first-order valence-corrected chi connectivity index (χ1v) is 10.6. The van der Waals surface area contributed by atoms with E-state index in [0.717, 1.165) is 5.25 Å². The SMILES string of the molecule is CCCCCCCCCC(NN)C1SCCSC1CC. The molecular formula is C16H34N2S2. The Hall–Kier alpha value is 0.620. The van der Waals surface area contributed by atoms with Crippen molar-refractivity contribution in [1.29, 1.82) is 0 Å². The summed E-state index contributed by atoms with van der Waals surface area (Å²) in [5, 5.41) is 1.50. The average molecular weight is 319 g/mol. The van der Waals surface area contributed by atoms with Gasteiger partial charge >= 0.3 is 0 Å². The summed E-state index contributed by atoms with van der Waals surface area (Å²) in [4.78, 5) is 0. The molecule has 0 radical (unpaired) electrons. The van der Waals surface area contributed by atoms with Crippen LogP contribution in [0.1, 0.15) is 71.6 Å². The molecule has 4 heteroatoms. The molecule has 1 aliphatic heterocycles. The maximum Gasteiger partial charge on any atom is 0.0340 e. The number of hydrazine groups is 1. The molecular weight excluding hydrogens is 284 g/mol. The minimum Gasteiger partial charge on any atom is -0.271 e. The second kappa shape index (κ2) is 12.2. The van der Waals surface area contributed by atoms with Crippen molar-refractivity contribution in [2.24, 2.45) is 5.84 Å². The van der Waals surface area contributed by atoms with Gasteiger partial charge in [-0.05, 0) is 12.8 Å². The van der Waals surface area contributed by atoms with Crippen LogP contribution in [0.5, 0.6) is 0 Å². The molecule has 1 saturated heterocycles. The van der Waals surface area contributed by atoms with E-state index < -0.39 is 0 Å². The van der Waals surface area contributed by atoms with Crippen molar-refractivity contribution in [3.63, 3.8) is 0 Å². The fourth-order valence-corrected chi connectivity index (χ4v) is 6.26. The Bertz CT molecular complexity index is 227. The van der Waals surface area contributed by atoms with Gasteiger partial charge in [0.1, 0.15) is 0 Å². The lowest BCUT2D eigenvalue weighted by Gasteiger charge is -2.35. The van der Waals surface area contributed by atoms with Crippen LogP contribution in [0.2, 0.25) is 0 Å². The number of nitrogens with two attached hydrogens (primary N) is 1. The largest absolute Gasteiger partial charge is 0.271 e. The van der Waals surface area contributed by atoms with Crippen molar-refractivity contribution in [3.8, 4) is 0 Å². The highest BCUT2D eigenvalue weighted by Gasteiger charge is 2.31. The molecule has 0 spiro atoms. The minimum atomic E-state index is 0.508. The van der Waals surface area contributed by atoms with Gasteiger partial charge in [-0.15, -0.1) is 0 Å². The van der Waals surface area contributed by atoms with Gasteiger partial charge in [-0.3, -0.25) is 11.3 Å². The molecule has 2 nitrogen and oxygen atoms in total. The van der Waals surface area contributed by atoms with Crippen molar-refractivity contribution in [2.45, 2.75) is 88.2 Å². The highest BCUT2D eigenvalue weighted by atomic mass is 32.2. The second-order valence-electron chi connectivity index (χ2n) is 5.84. The van der Waals surface area contributed by atoms with E-state index in [9.17, 15) is 0 Å². The van der Waals surface area contributed by atoms with Crippen LogP contribution < -0.4 is 11.3 Å². The molecule has 1 rings (SSSR count). The molecule has 3 atom stereocenters. The molecule has 0 bridgehead atoms. The Labute approximate surface area is 134 Å². The number of nitrogens with one attached hydrogen (secondary N) is 1. The summed E-state index contributed by atoms with van der Waals surface area (Å²) in [6.07, 6.45) is 12.2. The number of hydrogen-bond acceptors (Lipinski definition) is 4. The zero-order valence-corrected chi connectivity index (χ0v) is 15.0. The van der Waals surface area contributed by atoms with Crippen LogP contribution in [0, 0.1) is 0 Å². The summed E-state index contributed by atoms with van der Waals surface area (Å²) >= 11 is 4.29. The molecule has 120 valence electrons. The molecule has 0 aliphatic carbocycles. The Morgan fingerprint density at radius 2 is 1.65 bits per heavy atom. The Morgan fingerprint density at radius 1 is 1.00 bits per heavy atom. The fourth-order valence-electron chi connectivity index (χ4n) is 2.98. The summed E-state index contributed by atoms with van der Waals surface area (Å²) < 4.78 is 0. The van der Waals surface area contributed by atoms with E-state index >= 15 is 0 Å². The van der Waals surface area contributed by atoms with Gasteiger partial charge in [0.15, 0.2) is 0 Å². The van der Waals surface area contributed by atoms with E-state index in [-0.39, 0.29) is 0 Å². The second-order valence-corrected chi connectivity index (χ2v) is 8.47. The van der Waals surface area contributed by atoms with Gasteiger partial charge in [-0.1, -0.05) is 58.8 Å². The van der Waals surface area contributed by atoms with Gasteiger partial charge < -0.3 is 0 Å². The van der Waals surface area contributed by atoms with Crippen LogP contribution in [-0.2, 0) is 0 Å². The lowest BCUT2D eigenvalue weighted by Crippen LogP contribution is -2.48. The summed E-state index contributed by atoms with van der Waals surface area (Å²) in [6.45, 7) is 4.60. The van der Waals surface area contributed by atoms with Crippen molar-refractivity contribution in [2.75, 3.05) is 11.5 Å². The Balaban J connectivity index is 2.17. The molecule has 0 aromatic carbocycles. The maximum atomic E-state index is 5.83. The lowest BCUT2D eigenvalue weighted by atomic mass is 10.0. The van der Waals surface area contributed by atoms with E-state index in [1.54, 1.807) is 0 Å². The maximum absolute atomic E-state index is 5.83. The summed E-state index contributed by atoms with van der Waals surface area (Å²) in [6, 6.07) is 0.508. The molecule has 1 aliphatic rings. The zero-order valence-electron chi connectivity index (χ0n) is 13.4. The molecule has 1 fully saturated rings. The number of rotatable bonds is 11. The summed E-state index contributed by atoms with van der Waals surface area (Å²) in [7, 11) is 0. The Kier molecular flexibility index (Phi) is 11.4. The lowest BCUT2D eigenvalue weighted by molar-refractivity contribution is 0.439. The topological polar surface area (TPSA) is 38.0 Å². The predicted molar refractivity (Wildman–Crippen MR) is 96.5 cm³/mol. The van der Waals surface area contributed by atoms with E-state index in [2.05, 4.69) is 42.8 Å². The molecule has 0 aromatic rings. The average Bonchev–Trinajstić information content (AvgIpc) is 2.50. The Morgan fingerprint density at radius 3 is 2.30 bits per heavy atom. The third-order valence-electron chi connectivity index (χ3n) is 4.22. The first-order valence-electron chi connectivity index (χ1n) is 8.52. The van der Waals surface area contributed by atoms with Crippen molar-refractivity contribution in [3.05, 3.63) is 0 Å².